The summed E-state index contributed by atoms with van der Waals surface area (Å²) in [5, 5.41) is 30.5. The highest BCUT2D eigenvalue weighted by Crippen LogP contribution is 2.46. The normalized spacial score (nSPS) is 14.8. The summed E-state index contributed by atoms with van der Waals surface area (Å²) in [6, 6.07) is 18.3. The quantitative estimate of drug-likeness (QED) is 0.383. The van der Waals surface area contributed by atoms with Crippen LogP contribution in [0.3, 0.4) is 0 Å². The van der Waals surface area contributed by atoms with Crippen molar-refractivity contribution >= 4 is 21.6 Å². The van der Waals surface area contributed by atoms with Crippen LogP contribution < -0.4 is 15.2 Å². The third-order valence-corrected chi connectivity index (χ3v) is 5.52. The van der Waals surface area contributed by atoms with Crippen LogP contribution >= 0.6 is 15.9 Å². The van der Waals surface area contributed by atoms with E-state index in [0.29, 0.717) is 22.6 Å². The van der Waals surface area contributed by atoms with Crippen molar-refractivity contribution in [2.24, 2.45) is 5.73 Å². The number of rotatable bonds is 5. The molecule has 1 aliphatic heterocycles. The number of aromatic hydroxyl groups is 1. The Morgan fingerprint density at radius 3 is 2.59 bits per heavy atom. The highest BCUT2D eigenvalue weighted by molar-refractivity contribution is 9.10. The predicted molar refractivity (Wildman–Crippen MR) is 119 cm³/mol. The number of nitrogens with two attached hydrogens (primary N) is 1. The maximum Gasteiger partial charge on any atom is 0.269 e. The van der Waals surface area contributed by atoms with Crippen molar-refractivity contribution in [3.05, 3.63) is 103 Å². The number of benzene rings is 3. The summed E-state index contributed by atoms with van der Waals surface area (Å²) in [7, 11) is 0. The predicted octanol–water partition coefficient (Wildman–Crippen LogP) is 4.86. The van der Waals surface area contributed by atoms with Crippen molar-refractivity contribution in [3.63, 3.8) is 0 Å². The lowest BCUT2D eigenvalue weighted by atomic mass is 9.83. The van der Waals surface area contributed by atoms with Crippen LogP contribution in [0.2, 0.25) is 0 Å². The number of non-ortho nitro benzene ring substituents is 1. The number of allylic oxidation sites excluding steroid dienone is 1. The second-order valence-electron chi connectivity index (χ2n) is 7.04. The van der Waals surface area contributed by atoms with E-state index in [0.717, 1.165) is 10.0 Å². The number of nitriles is 1. The fraction of sp³-hybridized carbons (Fsp3) is 0.0870. The molecule has 32 heavy (non-hydrogen) atoms. The Bertz CT molecular complexity index is 1280. The Balaban J connectivity index is 1.73. The number of nitrogens with zero attached hydrogens (tertiary/aromatic N) is 2. The summed E-state index contributed by atoms with van der Waals surface area (Å²) in [5.74, 6) is 0.260. The molecule has 3 aromatic carbocycles. The fourth-order valence-corrected chi connectivity index (χ4v) is 3.89. The highest BCUT2D eigenvalue weighted by atomic mass is 79.9. The minimum atomic E-state index is -0.575. The Morgan fingerprint density at radius 2 is 1.91 bits per heavy atom. The van der Waals surface area contributed by atoms with Crippen LogP contribution in [-0.4, -0.2) is 10.0 Å². The molecule has 0 spiro atoms. The first kappa shape index (κ1) is 21.2. The first-order chi connectivity index (χ1) is 15.4. The number of ether oxygens (including phenoxy) is 2. The standard InChI is InChI=1S/C23H16BrN3O5/c24-14-3-8-20(31-12-13-1-4-15(5-2-13)27(29)30)18(9-14)22-17-7-6-16(28)10-21(17)32-23(26)19(22)11-25/h1-10,22,28H,12,26H2/t22-/m1/s1. The van der Waals surface area contributed by atoms with Gasteiger partial charge in [0.05, 0.1) is 10.8 Å². The Morgan fingerprint density at radius 1 is 1.16 bits per heavy atom. The molecule has 0 fully saturated rings. The second kappa shape index (κ2) is 8.61. The van der Waals surface area contributed by atoms with Crippen molar-refractivity contribution in [2.75, 3.05) is 0 Å². The van der Waals surface area contributed by atoms with E-state index in [1.807, 2.05) is 12.1 Å². The number of hydrogen-bond acceptors (Lipinski definition) is 7. The molecule has 9 heteroatoms. The monoisotopic (exact) mass is 493 g/mol. The highest BCUT2D eigenvalue weighted by Gasteiger charge is 2.33. The summed E-state index contributed by atoms with van der Waals surface area (Å²) in [6.07, 6.45) is 0. The van der Waals surface area contributed by atoms with E-state index in [9.17, 15) is 20.5 Å². The molecule has 3 N–H and O–H groups in total. The molecule has 1 aliphatic rings. The number of hydrogen-bond donors (Lipinski definition) is 2. The summed E-state index contributed by atoms with van der Waals surface area (Å²) >= 11 is 3.47. The number of halogens is 1. The summed E-state index contributed by atoms with van der Waals surface area (Å²) in [6.45, 7) is 0.166. The number of phenols is 1. The minimum Gasteiger partial charge on any atom is -0.508 e. The van der Waals surface area contributed by atoms with Crippen molar-refractivity contribution < 1.29 is 19.5 Å². The van der Waals surface area contributed by atoms with Gasteiger partial charge >= 0.3 is 0 Å². The molecule has 0 amide bonds. The first-order valence-corrected chi connectivity index (χ1v) is 10.2. The van der Waals surface area contributed by atoms with Gasteiger partial charge in [0.1, 0.15) is 35.5 Å². The van der Waals surface area contributed by atoms with Crippen LogP contribution in [0.15, 0.2) is 76.6 Å². The molecule has 0 saturated heterocycles. The minimum absolute atomic E-state index is 0.000537. The van der Waals surface area contributed by atoms with Crippen LogP contribution in [0.4, 0.5) is 5.69 Å². The lowest BCUT2D eigenvalue weighted by Crippen LogP contribution is -2.21. The van der Waals surface area contributed by atoms with Crippen LogP contribution in [0.25, 0.3) is 0 Å². The molecule has 3 aromatic rings. The van der Waals surface area contributed by atoms with Gasteiger partial charge in [0, 0.05) is 33.8 Å². The SMILES string of the molecule is N#CC1=C(N)Oc2cc(O)ccc2[C@@H]1c1cc(Br)ccc1OCc1ccc([N+](=O)[O-])cc1. The zero-order chi connectivity index (χ0) is 22.8. The van der Waals surface area contributed by atoms with Crippen LogP contribution in [0.5, 0.6) is 17.2 Å². The van der Waals surface area contributed by atoms with E-state index >= 15 is 0 Å². The van der Waals surface area contributed by atoms with Gasteiger partial charge in [0.25, 0.3) is 5.69 Å². The number of nitro benzene ring substituents is 1. The van der Waals surface area contributed by atoms with Gasteiger partial charge in [-0.15, -0.1) is 0 Å². The molecule has 1 atom stereocenters. The van der Waals surface area contributed by atoms with Crippen LogP contribution in [0.1, 0.15) is 22.6 Å². The van der Waals surface area contributed by atoms with E-state index < -0.39 is 10.8 Å². The zero-order valence-corrected chi connectivity index (χ0v) is 18.1. The van der Waals surface area contributed by atoms with Crippen molar-refractivity contribution in [1.29, 1.82) is 5.26 Å². The molecule has 0 bridgehead atoms. The second-order valence-corrected chi connectivity index (χ2v) is 7.96. The maximum atomic E-state index is 10.9. The van der Waals surface area contributed by atoms with Gasteiger partial charge in [-0.25, -0.2) is 0 Å². The van der Waals surface area contributed by atoms with Gasteiger partial charge < -0.3 is 20.3 Å². The first-order valence-electron chi connectivity index (χ1n) is 9.43. The molecule has 0 unspecified atom stereocenters. The zero-order valence-electron chi connectivity index (χ0n) is 16.5. The average Bonchev–Trinajstić information content (AvgIpc) is 2.77. The topological polar surface area (TPSA) is 132 Å². The Hall–Kier alpha value is -4.03. The molecule has 4 rings (SSSR count). The molecular formula is C23H16BrN3O5. The number of nitro groups is 1. The van der Waals surface area contributed by atoms with E-state index in [1.165, 1.54) is 24.3 Å². The third-order valence-electron chi connectivity index (χ3n) is 5.03. The molecule has 160 valence electrons. The largest absolute Gasteiger partial charge is 0.508 e. The van der Waals surface area contributed by atoms with Crippen molar-refractivity contribution in [3.8, 4) is 23.3 Å². The molecule has 0 aromatic heterocycles. The number of fused-ring (bicyclic) bond motifs is 1. The van der Waals surface area contributed by atoms with Crippen LogP contribution in [0, 0.1) is 21.4 Å². The molecular weight excluding hydrogens is 478 g/mol. The van der Waals surface area contributed by atoms with Gasteiger partial charge in [-0.1, -0.05) is 22.0 Å². The van der Waals surface area contributed by atoms with Gasteiger partial charge in [-0.3, -0.25) is 10.1 Å². The maximum absolute atomic E-state index is 10.9. The van der Waals surface area contributed by atoms with Crippen molar-refractivity contribution in [2.45, 2.75) is 12.5 Å². The molecule has 0 aliphatic carbocycles. The molecule has 0 saturated carbocycles. The van der Waals surface area contributed by atoms with Crippen molar-refractivity contribution in [1.82, 2.24) is 0 Å². The Kier molecular flexibility index (Phi) is 5.71. The molecule has 8 nitrogen and oxygen atoms in total. The lowest BCUT2D eigenvalue weighted by molar-refractivity contribution is -0.384. The summed E-state index contributed by atoms with van der Waals surface area (Å²) in [4.78, 5) is 10.4. The van der Waals surface area contributed by atoms with Gasteiger partial charge in [-0.05, 0) is 42.0 Å². The van der Waals surface area contributed by atoms with E-state index in [-0.39, 0.29) is 29.5 Å². The van der Waals surface area contributed by atoms with Gasteiger partial charge in [0.2, 0.25) is 5.88 Å². The van der Waals surface area contributed by atoms with E-state index in [2.05, 4.69) is 22.0 Å². The van der Waals surface area contributed by atoms with E-state index in [4.69, 9.17) is 15.2 Å². The smallest absolute Gasteiger partial charge is 0.269 e. The fourth-order valence-electron chi connectivity index (χ4n) is 3.52. The van der Waals surface area contributed by atoms with Gasteiger partial charge in [-0.2, -0.15) is 5.26 Å². The molecule has 1 heterocycles. The summed E-state index contributed by atoms with van der Waals surface area (Å²) < 4.78 is 12.4. The van der Waals surface area contributed by atoms with E-state index in [1.54, 1.807) is 24.3 Å². The average molecular weight is 494 g/mol. The number of phenolic OH excluding ortho intramolecular Hbond substituents is 1. The lowest BCUT2D eigenvalue weighted by Gasteiger charge is -2.28. The molecule has 0 radical (unpaired) electrons. The van der Waals surface area contributed by atoms with Crippen LogP contribution in [-0.2, 0) is 6.61 Å². The third kappa shape index (κ3) is 4.08. The van der Waals surface area contributed by atoms with Gasteiger partial charge in [0.15, 0.2) is 0 Å². The summed E-state index contributed by atoms with van der Waals surface area (Å²) in [5.41, 5.74) is 8.33. The Labute approximate surface area is 191 Å².